The van der Waals surface area contributed by atoms with Crippen molar-refractivity contribution in [2.75, 3.05) is 6.54 Å². The molecule has 0 N–H and O–H groups in total. The molecule has 1 aromatic carbocycles. The Hall–Kier alpha value is -1.02. The minimum Gasteiger partial charge on any atom is -0.339 e. The molecule has 1 saturated heterocycles. The van der Waals surface area contributed by atoms with Gasteiger partial charge in [-0.2, -0.15) is 0 Å². The number of carbonyl (C=O) groups is 1. The van der Waals surface area contributed by atoms with E-state index in [1.807, 2.05) is 18.2 Å². The van der Waals surface area contributed by atoms with Crippen LogP contribution in [-0.4, -0.2) is 23.4 Å². The molecule has 0 radical (unpaired) electrons. The number of nitrogens with zero attached hydrogens (tertiary/aromatic N) is 1. The number of amides is 1. The van der Waals surface area contributed by atoms with Crippen molar-refractivity contribution in [2.24, 2.45) is 5.92 Å². The van der Waals surface area contributed by atoms with Gasteiger partial charge in [-0.25, -0.2) is 0 Å². The van der Waals surface area contributed by atoms with E-state index in [0.717, 1.165) is 30.8 Å². The zero-order valence-corrected chi connectivity index (χ0v) is 13.3. The molecule has 1 unspecified atom stereocenters. The maximum Gasteiger partial charge on any atom is 0.226 e. The van der Waals surface area contributed by atoms with Gasteiger partial charge in [0.15, 0.2) is 0 Å². The molecule has 1 aromatic rings. The van der Waals surface area contributed by atoms with E-state index in [1.165, 1.54) is 37.7 Å². The Kier molecular flexibility index (Phi) is 4.84. The topological polar surface area (TPSA) is 20.3 Å². The first kappa shape index (κ1) is 14.9. The van der Waals surface area contributed by atoms with Gasteiger partial charge in [0.05, 0.1) is 0 Å². The van der Waals surface area contributed by atoms with Crippen LogP contribution in [0.1, 0.15) is 50.5 Å². The van der Waals surface area contributed by atoms with Crippen LogP contribution in [0.3, 0.4) is 0 Å². The second kappa shape index (κ2) is 6.83. The van der Waals surface area contributed by atoms with Crippen molar-refractivity contribution < 1.29 is 4.79 Å². The average Bonchev–Trinajstić information content (AvgIpc) is 2.88. The molecule has 1 atom stereocenters. The summed E-state index contributed by atoms with van der Waals surface area (Å²) in [5, 5.41) is 0.826. The summed E-state index contributed by atoms with van der Waals surface area (Å²) in [6, 6.07) is 8.50. The second-order valence-electron chi connectivity index (χ2n) is 6.44. The predicted molar refractivity (Wildman–Crippen MR) is 86.5 cm³/mol. The van der Waals surface area contributed by atoms with E-state index in [1.54, 1.807) is 0 Å². The van der Waals surface area contributed by atoms with Crippen molar-refractivity contribution in [3.63, 3.8) is 0 Å². The quantitative estimate of drug-likeness (QED) is 0.804. The van der Waals surface area contributed by atoms with Crippen LogP contribution < -0.4 is 0 Å². The summed E-state index contributed by atoms with van der Waals surface area (Å²) < 4.78 is 0. The van der Waals surface area contributed by atoms with E-state index in [-0.39, 0.29) is 5.92 Å². The van der Waals surface area contributed by atoms with Crippen LogP contribution >= 0.6 is 11.6 Å². The predicted octanol–water partition coefficient (Wildman–Crippen LogP) is 4.45. The van der Waals surface area contributed by atoms with E-state index in [0.29, 0.717) is 11.9 Å². The van der Waals surface area contributed by atoms with E-state index >= 15 is 0 Å². The molecule has 1 heterocycles. The van der Waals surface area contributed by atoms with Crippen LogP contribution in [0, 0.1) is 5.92 Å². The molecule has 1 amide bonds. The van der Waals surface area contributed by atoms with Gasteiger partial charge in [0.1, 0.15) is 0 Å². The summed E-state index contributed by atoms with van der Waals surface area (Å²) in [5.41, 5.74) is 1.17. The van der Waals surface area contributed by atoms with Gasteiger partial charge in [0, 0.05) is 23.5 Å². The molecule has 0 bridgehead atoms. The van der Waals surface area contributed by atoms with Crippen molar-refractivity contribution in [2.45, 2.75) is 57.4 Å². The molecule has 2 aliphatic rings. The van der Waals surface area contributed by atoms with Crippen molar-refractivity contribution >= 4 is 17.5 Å². The van der Waals surface area contributed by atoms with Gasteiger partial charge in [0.25, 0.3) is 0 Å². The third kappa shape index (κ3) is 3.42. The number of carbonyl (C=O) groups excluding carboxylic acids is 1. The van der Waals surface area contributed by atoms with Crippen molar-refractivity contribution in [3.05, 3.63) is 34.9 Å². The Morgan fingerprint density at radius 3 is 2.62 bits per heavy atom. The molecular weight excluding hydrogens is 282 g/mol. The Labute approximate surface area is 132 Å². The van der Waals surface area contributed by atoms with Gasteiger partial charge in [-0.15, -0.1) is 0 Å². The first-order chi connectivity index (χ1) is 10.3. The minimum absolute atomic E-state index is 0.211. The van der Waals surface area contributed by atoms with Crippen molar-refractivity contribution in [1.82, 2.24) is 4.90 Å². The summed E-state index contributed by atoms with van der Waals surface area (Å²) >= 11 is 6.20. The van der Waals surface area contributed by atoms with Gasteiger partial charge in [0.2, 0.25) is 5.91 Å². The third-order valence-corrected chi connectivity index (χ3v) is 5.45. The Morgan fingerprint density at radius 2 is 1.86 bits per heavy atom. The molecule has 114 valence electrons. The molecule has 2 fully saturated rings. The number of aryl methyl sites for hydroxylation is 1. The van der Waals surface area contributed by atoms with Gasteiger partial charge in [-0.1, -0.05) is 49.1 Å². The summed E-state index contributed by atoms with van der Waals surface area (Å²) in [6.45, 7) is 0.969. The molecule has 0 aromatic heterocycles. The maximum atomic E-state index is 12.6. The van der Waals surface area contributed by atoms with E-state index in [2.05, 4.69) is 11.0 Å². The molecule has 1 aliphatic heterocycles. The van der Waals surface area contributed by atoms with Gasteiger partial charge in [-0.05, 0) is 43.7 Å². The standard InChI is InChI=1S/C18H24ClNO/c19-17-9-5-4-6-14(17)10-11-15-12-13-20(18(15)21)16-7-2-1-3-8-16/h4-6,9,15-16H,1-3,7-8,10-13H2. The number of halogens is 1. The zero-order chi connectivity index (χ0) is 14.7. The highest BCUT2D eigenvalue weighted by Gasteiger charge is 2.35. The first-order valence-corrected chi connectivity index (χ1v) is 8.67. The van der Waals surface area contributed by atoms with Gasteiger partial charge < -0.3 is 4.90 Å². The minimum atomic E-state index is 0.211. The van der Waals surface area contributed by atoms with Crippen LogP contribution in [0.2, 0.25) is 5.02 Å². The molecular formula is C18H24ClNO. The van der Waals surface area contributed by atoms with Crippen molar-refractivity contribution in [1.29, 1.82) is 0 Å². The number of likely N-dealkylation sites (tertiary alicyclic amines) is 1. The van der Waals surface area contributed by atoms with Crippen LogP contribution in [0.15, 0.2) is 24.3 Å². The summed E-state index contributed by atoms with van der Waals surface area (Å²) in [7, 11) is 0. The summed E-state index contributed by atoms with van der Waals surface area (Å²) in [6.07, 6.45) is 9.22. The molecule has 3 heteroatoms. The highest BCUT2D eigenvalue weighted by atomic mass is 35.5. The van der Waals surface area contributed by atoms with Crippen LogP contribution in [-0.2, 0) is 11.2 Å². The lowest BCUT2D eigenvalue weighted by Gasteiger charge is -2.31. The first-order valence-electron chi connectivity index (χ1n) is 8.29. The van der Waals surface area contributed by atoms with E-state index in [9.17, 15) is 4.79 Å². The zero-order valence-electron chi connectivity index (χ0n) is 12.6. The number of benzene rings is 1. The Balaban J connectivity index is 1.55. The van der Waals surface area contributed by atoms with Gasteiger partial charge >= 0.3 is 0 Å². The van der Waals surface area contributed by atoms with Crippen LogP contribution in [0.4, 0.5) is 0 Å². The van der Waals surface area contributed by atoms with Crippen LogP contribution in [0.25, 0.3) is 0 Å². The lowest BCUT2D eigenvalue weighted by molar-refractivity contribution is -0.133. The fourth-order valence-corrected chi connectivity index (χ4v) is 4.05. The third-order valence-electron chi connectivity index (χ3n) is 5.09. The number of hydrogen-bond donors (Lipinski definition) is 0. The highest BCUT2D eigenvalue weighted by molar-refractivity contribution is 6.31. The number of rotatable bonds is 4. The molecule has 1 aliphatic carbocycles. The molecule has 3 rings (SSSR count). The molecule has 0 spiro atoms. The largest absolute Gasteiger partial charge is 0.339 e. The Bertz CT molecular complexity index is 496. The van der Waals surface area contributed by atoms with E-state index in [4.69, 9.17) is 11.6 Å². The number of hydrogen-bond acceptors (Lipinski definition) is 1. The average molecular weight is 306 g/mol. The van der Waals surface area contributed by atoms with Crippen molar-refractivity contribution in [3.8, 4) is 0 Å². The summed E-state index contributed by atoms with van der Waals surface area (Å²) in [5.74, 6) is 0.608. The lowest BCUT2D eigenvalue weighted by Crippen LogP contribution is -2.38. The summed E-state index contributed by atoms with van der Waals surface area (Å²) in [4.78, 5) is 14.8. The highest BCUT2D eigenvalue weighted by Crippen LogP contribution is 2.31. The lowest BCUT2D eigenvalue weighted by atomic mass is 9.94. The smallest absolute Gasteiger partial charge is 0.226 e. The molecule has 2 nitrogen and oxygen atoms in total. The molecule has 1 saturated carbocycles. The normalized spacial score (nSPS) is 23.8. The Morgan fingerprint density at radius 1 is 1.10 bits per heavy atom. The SMILES string of the molecule is O=C1C(CCc2ccccc2Cl)CCN1C1CCCCC1. The maximum absolute atomic E-state index is 12.6. The van der Waals surface area contributed by atoms with Crippen LogP contribution in [0.5, 0.6) is 0 Å². The van der Waals surface area contributed by atoms with E-state index < -0.39 is 0 Å². The van der Waals surface area contributed by atoms with Gasteiger partial charge in [-0.3, -0.25) is 4.79 Å². The monoisotopic (exact) mass is 305 g/mol. The molecule has 21 heavy (non-hydrogen) atoms. The fraction of sp³-hybridized carbons (Fsp3) is 0.611. The fourth-order valence-electron chi connectivity index (χ4n) is 3.82. The second-order valence-corrected chi connectivity index (χ2v) is 6.85.